The van der Waals surface area contributed by atoms with Gasteiger partial charge in [0.1, 0.15) is 0 Å². The Morgan fingerprint density at radius 2 is 1.60 bits per heavy atom. The van der Waals surface area contributed by atoms with Crippen molar-refractivity contribution in [3.8, 4) is 11.8 Å². The highest BCUT2D eigenvalue weighted by Crippen LogP contribution is 2.11. The smallest absolute Gasteiger partial charge is 0.253 e. The topological polar surface area (TPSA) is 43.8 Å². The molecule has 25 heavy (non-hydrogen) atoms. The van der Waals surface area contributed by atoms with Gasteiger partial charge in [-0.15, -0.1) is 0 Å². The van der Waals surface area contributed by atoms with E-state index in [4.69, 9.17) is 5.11 Å². The third kappa shape index (κ3) is 4.69. The number of benzene rings is 2. The van der Waals surface area contributed by atoms with E-state index in [-0.39, 0.29) is 12.5 Å². The second kappa shape index (κ2) is 8.48. The molecule has 4 heteroatoms. The molecule has 2 aromatic rings. The minimum absolute atomic E-state index is 0.0482. The summed E-state index contributed by atoms with van der Waals surface area (Å²) in [5.74, 6) is 6.30. The number of aliphatic hydroxyl groups excluding tert-OH is 1. The fraction of sp³-hybridized carbons (Fsp3) is 0.286. The minimum atomic E-state index is 0.0482. The van der Waals surface area contributed by atoms with Crippen LogP contribution in [0.15, 0.2) is 54.6 Å². The molecule has 0 atom stereocenters. The standard InChI is InChI=1S/C21H22N2O2/c24-16-15-22-11-13-23(14-12-22)21(25)20-8-4-7-19(17-20)10-9-18-5-2-1-3-6-18/h1-8,17,24H,11-16H2. The molecule has 2 aromatic carbocycles. The van der Waals surface area contributed by atoms with E-state index in [1.54, 1.807) is 0 Å². The molecular formula is C21H22N2O2. The van der Waals surface area contributed by atoms with Crippen LogP contribution in [0, 0.1) is 11.8 Å². The van der Waals surface area contributed by atoms with Crippen molar-refractivity contribution in [2.75, 3.05) is 39.3 Å². The lowest BCUT2D eigenvalue weighted by Crippen LogP contribution is -2.49. The Kier molecular flexibility index (Phi) is 5.84. The van der Waals surface area contributed by atoms with Crippen molar-refractivity contribution in [2.45, 2.75) is 0 Å². The predicted octanol–water partition coefficient (Wildman–Crippen LogP) is 1.84. The highest BCUT2D eigenvalue weighted by molar-refractivity contribution is 5.94. The van der Waals surface area contributed by atoms with E-state index < -0.39 is 0 Å². The van der Waals surface area contributed by atoms with E-state index in [0.29, 0.717) is 25.2 Å². The van der Waals surface area contributed by atoms with Gasteiger partial charge in [0.05, 0.1) is 6.61 Å². The number of amides is 1. The molecule has 0 saturated carbocycles. The number of hydrogen-bond donors (Lipinski definition) is 1. The van der Waals surface area contributed by atoms with Gasteiger partial charge in [-0.1, -0.05) is 36.1 Å². The van der Waals surface area contributed by atoms with Gasteiger partial charge in [0.25, 0.3) is 5.91 Å². The summed E-state index contributed by atoms with van der Waals surface area (Å²) in [5.41, 5.74) is 2.48. The van der Waals surface area contributed by atoms with Crippen LogP contribution in [0.25, 0.3) is 0 Å². The number of carbonyl (C=O) groups excluding carboxylic acids is 1. The molecule has 128 valence electrons. The van der Waals surface area contributed by atoms with E-state index in [1.807, 2.05) is 59.5 Å². The second-order valence-corrected chi connectivity index (χ2v) is 6.05. The molecule has 1 N–H and O–H groups in total. The Bertz CT molecular complexity index is 769. The van der Waals surface area contributed by atoms with Gasteiger partial charge in [0.2, 0.25) is 0 Å². The van der Waals surface area contributed by atoms with Crippen molar-refractivity contribution in [3.63, 3.8) is 0 Å². The van der Waals surface area contributed by atoms with Gasteiger partial charge in [-0.05, 0) is 30.3 Å². The monoisotopic (exact) mass is 334 g/mol. The number of rotatable bonds is 3. The Morgan fingerprint density at radius 1 is 0.920 bits per heavy atom. The van der Waals surface area contributed by atoms with E-state index in [9.17, 15) is 4.79 Å². The average Bonchev–Trinajstić information content (AvgIpc) is 2.68. The van der Waals surface area contributed by atoms with Crippen molar-refractivity contribution >= 4 is 5.91 Å². The van der Waals surface area contributed by atoms with Gasteiger partial charge < -0.3 is 10.0 Å². The van der Waals surface area contributed by atoms with Crippen LogP contribution in [-0.2, 0) is 0 Å². The van der Waals surface area contributed by atoms with Crippen molar-refractivity contribution < 1.29 is 9.90 Å². The lowest BCUT2D eigenvalue weighted by atomic mass is 10.1. The summed E-state index contributed by atoms with van der Waals surface area (Å²) >= 11 is 0. The molecular weight excluding hydrogens is 312 g/mol. The maximum Gasteiger partial charge on any atom is 0.253 e. The molecule has 1 saturated heterocycles. The zero-order valence-corrected chi connectivity index (χ0v) is 14.2. The third-order valence-electron chi connectivity index (χ3n) is 4.31. The summed E-state index contributed by atoms with van der Waals surface area (Å²) in [4.78, 5) is 16.7. The van der Waals surface area contributed by atoms with Crippen molar-refractivity contribution in [2.24, 2.45) is 0 Å². The molecule has 1 fully saturated rings. The van der Waals surface area contributed by atoms with Crippen LogP contribution >= 0.6 is 0 Å². The van der Waals surface area contributed by atoms with Crippen LogP contribution in [0.2, 0.25) is 0 Å². The highest BCUT2D eigenvalue weighted by Gasteiger charge is 2.21. The molecule has 1 aliphatic rings. The molecule has 1 aliphatic heterocycles. The lowest BCUT2D eigenvalue weighted by Gasteiger charge is -2.34. The predicted molar refractivity (Wildman–Crippen MR) is 98.3 cm³/mol. The summed E-state index contributed by atoms with van der Waals surface area (Å²) in [6.45, 7) is 3.83. The Balaban J connectivity index is 1.67. The van der Waals surface area contributed by atoms with E-state index in [1.165, 1.54) is 0 Å². The first-order valence-electron chi connectivity index (χ1n) is 8.56. The largest absolute Gasteiger partial charge is 0.395 e. The van der Waals surface area contributed by atoms with E-state index in [2.05, 4.69) is 16.7 Å². The Labute approximate surface area is 148 Å². The third-order valence-corrected chi connectivity index (χ3v) is 4.31. The fourth-order valence-electron chi connectivity index (χ4n) is 2.89. The number of hydrogen-bond acceptors (Lipinski definition) is 3. The molecule has 0 aliphatic carbocycles. The summed E-state index contributed by atoms with van der Waals surface area (Å²) in [5, 5.41) is 9.00. The maximum atomic E-state index is 12.7. The zero-order valence-electron chi connectivity index (χ0n) is 14.2. The summed E-state index contributed by atoms with van der Waals surface area (Å²) < 4.78 is 0. The van der Waals surface area contributed by atoms with Crippen LogP contribution in [-0.4, -0.2) is 60.1 Å². The molecule has 0 spiro atoms. The Morgan fingerprint density at radius 3 is 2.32 bits per heavy atom. The van der Waals surface area contributed by atoms with Gasteiger partial charge >= 0.3 is 0 Å². The van der Waals surface area contributed by atoms with Crippen molar-refractivity contribution in [1.29, 1.82) is 0 Å². The molecule has 4 nitrogen and oxygen atoms in total. The second-order valence-electron chi connectivity index (χ2n) is 6.05. The van der Waals surface area contributed by atoms with Gasteiger partial charge in [-0.2, -0.15) is 0 Å². The van der Waals surface area contributed by atoms with Crippen LogP contribution in [0.4, 0.5) is 0 Å². The van der Waals surface area contributed by atoms with E-state index in [0.717, 1.165) is 24.2 Å². The van der Waals surface area contributed by atoms with Gasteiger partial charge in [-0.3, -0.25) is 9.69 Å². The molecule has 1 amide bonds. The molecule has 0 aromatic heterocycles. The summed E-state index contributed by atoms with van der Waals surface area (Å²) in [6.07, 6.45) is 0. The summed E-state index contributed by atoms with van der Waals surface area (Å²) in [7, 11) is 0. The van der Waals surface area contributed by atoms with Crippen molar-refractivity contribution in [1.82, 2.24) is 9.80 Å². The van der Waals surface area contributed by atoms with Gasteiger partial charge in [0.15, 0.2) is 0 Å². The number of nitrogens with zero attached hydrogens (tertiary/aromatic N) is 2. The SMILES string of the molecule is O=C(c1cccc(C#Cc2ccccc2)c1)N1CCN(CCO)CC1. The minimum Gasteiger partial charge on any atom is -0.395 e. The number of β-amino-alcohol motifs (C(OH)–C–C–N with tert-alkyl or cyclic N) is 1. The lowest BCUT2D eigenvalue weighted by molar-refractivity contribution is 0.0615. The number of piperazine rings is 1. The van der Waals surface area contributed by atoms with Crippen LogP contribution in [0.1, 0.15) is 21.5 Å². The fourth-order valence-corrected chi connectivity index (χ4v) is 2.89. The quantitative estimate of drug-likeness (QED) is 0.871. The first-order chi connectivity index (χ1) is 12.3. The zero-order chi connectivity index (χ0) is 17.5. The maximum absolute atomic E-state index is 12.7. The highest BCUT2D eigenvalue weighted by atomic mass is 16.3. The van der Waals surface area contributed by atoms with Crippen LogP contribution < -0.4 is 0 Å². The van der Waals surface area contributed by atoms with E-state index >= 15 is 0 Å². The number of aliphatic hydroxyl groups is 1. The molecule has 1 heterocycles. The average molecular weight is 334 g/mol. The molecule has 0 bridgehead atoms. The van der Waals surface area contributed by atoms with Crippen LogP contribution in [0.3, 0.4) is 0 Å². The molecule has 0 unspecified atom stereocenters. The molecule has 0 radical (unpaired) electrons. The first-order valence-corrected chi connectivity index (χ1v) is 8.56. The van der Waals surface area contributed by atoms with Gasteiger partial charge in [-0.25, -0.2) is 0 Å². The molecule has 3 rings (SSSR count). The van der Waals surface area contributed by atoms with Crippen molar-refractivity contribution in [3.05, 3.63) is 71.3 Å². The van der Waals surface area contributed by atoms with Crippen LogP contribution in [0.5, 0.6) is 0 Å². The number of carbonyl (C=O) groups is 1. The normalized spacial score (nSPS) is 14.7. The summed E-state index contributed by atoms with van der Waals surface area (Å²) in [6, 6.07) is 17.3. The van der Waals surface area contributed by atoms with Gasteiger partial charge in [0, 0.05) is 49.4 Å². The Hall–Kier alpha value is -2.61. The first kappa shape index (κ1) is 17.2.